The number of carbonyl (C=O) groups is 2. The fraction of sp³-hybridized carbons (Fsp3) is 0.346. The summed E-state index contributed by atoms with van der Waals surface area (Å²) in [5.74, 6) is 0.822. The molecule has 1 spiro atoms. The zero-order valence-electron chi connectivity index (χ0n) is 19.3. The molecule has 2 fully saturated rings. The summed E-state index contributed by atoms with van der Waals surface area (Å²) >= 11 is 1.63. The number of thiophene rings is 1. The molecule has 8 heteroatoms. The lowest BCUT2D eigenvalue weighted by Gasteiger charge is -2.39. The molecule has 2 aliphatic rings. The fourth-order valence-corrected chi connectivity index (χ4v) is 5.66. The van der Waals surface area contributed by atoms with Gasteiger partial charge in [-0.05, 0) is 76.9 Å². The number of piperidine rings is 1. The first-order chi connectivity index (χ1) is 16.4. The number of hydrogen-bond donors (Lipinski definition) is 2. The average Bonchev–Trinajstić information content (AvgIpc) is 3.52. The van der Waals surface area contributed by atoms with Crippen LogP contribution < -0.4 is 16.0 Å². The van der Waals surface area contributed by atoms with Crippen molar-refractivity contribution in [2.45, 2.75) is 26.2 Å². The third-order valence-electron chi connectivity index (χ3n) is 7.20. The lowest BCUT2D eigenvalue weighted by molar-refractivity contribution is -0.128. The summed E-state index contributed by atoms with van der Waals surface area (Å²) in [6, 6.07) is 11.4. The van der Waals surface area contributed by atoms with E-state index in [-0.39, 0.29) is 17.2 Å². The Morgan fingerprint density at radius 3 is 2.50 bits per heavy atom. The van der Waals surface area contributed by atoms with E-state index in [0.29, 0.717) is 16.9 Å². The van der Waals surface area contributed by atoms with Gasteiger partial charge in [0.1, 0.15) is 5.82 Å². The maximum absolute atomic E-state index is 12.9. The van der Waals surface area contributed by atoms with E-state index in [4.69, 9.17) is 5.73 Å². The monoisotopic (exact) mass is 475 g/mol. The van der Waals surface area contributed by atoms with Gasteiger partial charge < -0.3 is 20.9 Å². The third-order valence-corrected chi connectivity index (χ3v) is 7.88. The molecule has 2 amide bonds. The number of aromatic nitrogens is 1. The van der Waals surface area contributed by atoms with Gasteiger partial charge in [0, 0.05) is 39.3 Å². The smallest absolute Gasteiger partial charge is 0.257 e. The molecule has 34 heavy (non-hydrogen) atoms. The van der Waals surface area contributed by atoms with Crippen molar-refractivity contribution in [3.63, 3.8) is 0 Å². The van der Waals surface area contributed by atoms with Crippen molar-refractivity contribution in [3.8, 4) is 11.1 Å². The van der Waals surface area contributed by atoms with Crippen molar-refractivity contribution in [3.05, 3.63) is 58.9 Å². The molecule has 0 radical (unpaired) electrons. The van der Waals surface area contributed by atoms with Gasteiger partial charge in [0.05, 0.1) is 16.9 Å². The van der Waals surface area contributed by atoms with Crippen LogP contribution in [0, 0.1) is 5.41 Å². The van der Waals surface area contributed by atoms with Crippen LogP contribution in [0.1, 0.15) is 36.5 Å². The largest absolute Gasteiger partial charge is 0.397 e. The SMILES string of the molecule is CC(=O)N1CCC2(CCN(c3ccc(C(=O)Nc4cc(-c5ccsc5)ccc4N)cn3)CC2)C1. The number of amides is 2. The minimum atomic E-state index is -0.235. The Hall–Kier alpha value is -3.39. The van der Waals surface area contributed by atoms with Crippen molar-refractivity contribution in [2.75, 3.05) is 42.1 Å². The van der Waals surface area contributed by atoms with E-state index in [1.807, 2.05) is 46.7 Å². The minimum Gasteiger partial charge on any atom is -0.397 e. The molecule has 0 atom stereocenters. The Labute approximate surface area is 203 Å². The van der Waals surface area contributed by atoms with Crippen LogP contribution in [0.15, 0.2) is 53.4 Å². The Morgan fingerprint density at radius 2 is 1.85 bits per heavy atom. The molecule has 2 saturated heterocycles. The molecule has 5 rings (SSSR count). The molecule has 7 nitrogen and oxygen atoms in total. The molecule has 3 N–H and O–H groups in total. The van der Waals surface area contributed by atoms with Crippen molar-refractivity contribution >= 4 is 40.3 Å². The summed E-state index contributed by atoms with van der Waals surface area (Å²) in [7, 11) is 0. The van der Waals surface area contributed by atoms with Gasteiger partial charge in [-0.2, -0.15) is 11.3 Å². The Kier molecular flexibility index (Phi) is 6.00. The summed E-state index contributed by atoms with van der Waals surface area (Å²) in [6.07, 6.45) is 4.82. The maximum Gasteiger partial charge on any atom is 0.257 e. The number of benzene rings is 1. The highest BCUT2D eigenvalue weighted by Gasteiger charge is 2.41. The van der Waals surface area contributed by atoms with Crippen LogP contribution in [0.4, 0.5) is 17.2 Å². The van der Waals surface area contributed by atoms with E-state index >= 15 is 0 Å². The van der Waals surface area contributed by atoms with E-state index in [1.165, 1.54) is 0 Å². The average molecular weight is 476 g/mol. The van der Waals surface area contributed by atoms with Crippen LogP contribution in [-0.4, -0.2) is 47.9 Å². The van der Waals surface area contributed by atoms with Crippen LogP contribution >= 0.6 is 11.3 Å². The molecule has 1 aromatic carbocycles. The fourth-order valence-electron chi connectivity index (χ4n) is 5.00. The number of nitrogen functional groups attached to an aromatic ring is 1. The van der Waals surface area contributed by atoms with Gasteiger partial charge in [-0.25, -0.2) is 4.98 Å². The van der Waals surface area contributed by atoms with E-state index in [1.54, 1.807) is 24.5 Å². The molecule has 0 saturated carbocycles. The number of nitrogens with zero attached hydrogens (tertiary/aromatic N) is 3. The van der Waals surface area contributed by atoms with Crippen LogP contribution in [0.5, 0.6) is 0 Å². The lowest BCUT2D eigenvalue weighted by Crippen LogP contribution is -2.42. The van der Waals surface area contributed by atoms with E-state index in [9.17, 15) is 9.59 Å². The van der Waals surface area contributed by atoms with Gasteiger partial charge in [-0.3, -0.25) is 9.59 Å². The topological polar surface area (TPSA) is 91.6 Å². The number of hydrogen-bond acceptors (Lipinski definition) is 6. The number of nitrogens with two attached hydrogens (primary N) is 1. The van der Waals surface area contributed by atoms with Gasteiger partial charge >= 0.3 is 0 Å². The number of anilines is 3. The summed E-state index contributed by atoms with van der Waals surface area (Å²) in [5.41, 5.74) is 10.1. The summed E-state index contributed by atoms with van der Waals surface area (Å²) in [6.45, 7) is 5.23. The highest BCUT2D eigenvalue weighted by Crippen LogP contribution is 2.41. The van der Waals surface area contributed by atoms with Gasteiger partial charge in [-0.15, -0.1) is 0 Å². The van der Waals surface area contributed by atoms with E-state index < -0.39 is 0 Å². The molecule has 0 aliphatic carbocycles. The molecule has 176 valence electrons. The first kappa shape index (κ1) is 22.4. The molecule has 4 heterocycles. The Balaban J connectivity index is 1.22. The summed E-state index contributed by atoms with van der Waals surface area (Å²) in [4.78, 5) is 33.4. The lowest BCUT2D eigenvalue weighted by atomic mass is 9.78. The maximum atomic E-state index is 12.9. The van der Waals surface area contributed by atoms with Crippen LogP contribution in [-0.2, 0) is 4.79 Å². The molecule has 2 aromatic heterocycles. The quantitative estimate of drug-likeness (QED) is 0.543. The molecular formula is C26H29N5O2S. The number of likely N-dealkylation sites (tertiary alicyclic amines) is 1. The highest BCUT2D eigenvalue weighted by atomic mass is 32.1. The Bertz CT molecular complexity index is 1180. The summed E-state index contributed by atoms with van der Waals surface area (Å²) in [5, 5.41) is 7.01. The molecule has 2 aliphatic heterocycles. The van der Waals surface area contributed by atoms with Crippen LogP contribution in [0.2, 0.25) is 0 Å². The standard InChI is InChI=1S/C26H29N5O2S/c1-18(32)31-12-9-26(17-31)7-10-30(11-8-26)24-5-3-20(15-28-24)25(33)29-23-14-19(2-4-22(23)27)21-6-13-34-16-21/h2-6,13-16H,7-12,17,27H2,1H3,(H,29,33). The third kappa shape index (κ3) is 4.50. The van der Waals surface area contributed by atoms with Gasteiger partial charge in [0.25, 0.3) is 5.91 Å². The van der Waals surface area contributed by atoms with Gasteiger partial charge in [0.2, 0.25) is 5.91 Å². The number of nitrogens with one attached hydrogen (secondary N) is 1. The second-order valence-electron chi connectivity index (χ2n) is 9.35. The number of carbonyl (C=O) groups excluding carboxylic acids is 2. The van der Waals surface area contributed by atoms with Gasteiger partial charge in [0.15, 0.2) is 0 Å². The van der Waals surface area contributed by atoms with E-state index in [0.717, 1.165) is 62.4 Å². The van der Waals surface area contributed by atoms with Crippen molar-refractivity contribution in [1.82, 2.24) is 9.88 Å². The van der Waals surface area contributed by atoms with Crippen molar-refractivity contribution in [2.24, 2.45) is 5.41 Å². The molecule has 0 unspecified atom stereocenters. The minimum absolute atomic E-state index is 0.176. The summed E-state index contributed by atoms with van der Waals surface area (Å²) < 4.78 is 0. The Morgan fingerprint density at radius 1 is 1.06 bits per heavy atom. The zero-order chi connectivity index (χ0) is 23.7. The highest BCUT2D eigenvalue weighted by molar-refractivity contribution is 7.08. The van der Waals surface area contributed by atoms with Gasteiger partial charge in [-0.1, -0.05) is 6.07 Å². The number of rotatable bonds is 4. The van der Waals surface area contributed by atoms with Crippen LogP contribution in [0.3, 0.4) is 0 Å². The number of pyridine rings is 1. The normalized spacial score (nSPS) is 17.2. The van der Waals surface area contributed by atoms with Crippen LogP contribution in [0.25, 0.3) is 11.1 Å². The van der Waals surface area contributed by atoms with Crippen molar-refractivity contribution < 1.29 is 9.59 Å². The zero-order valence-corrected chi connectivity index (χ0v) is 20.1. The molecular weight excluding hydrogens is 446 g/mol. The molecule has 0 bridgehead atoms. The molecule has 3 aromatic rings. The predicted octanol–water partition coefficient (Wildman–Crippen LogP) is 4.48. The second-order valence-corrected chi connectivity index (χ2v) is 10.1. The first-order valence-corrected chi connectivity index (χ1v) is 12.6. The van der Waals surface area contributed by atoms with Crippen molar-refractivity contribution in [1.29, 1.82) is 0 Å². The first-order valence-electron chi connectivity index (χ1n) is 11.6. The van der Waals surface area contributed by atoms with E-state index in [2.05, 4.69) is 20.6 Å². The predicted molar refractivity (Wildman–Crippen MR) is 137 cm³/mol. The second kappa shape index (κ2) is 9.10.